The van der Waals surface area contributed by atoms with E-state index in [0.29, 0.717) is 17.2 Å². The molecule has 22 heavy (non-hydrogen) atoms. The number of amides is 2. The molecule has 1 heterocycles. The highest BCUT2D eigenvalue weighted by Crippen LogP contribution is 2.36. The second kappa shape index (κ2) is 6.48. The van der Waals surface area contributed by atoms with Gasteiger partial charge in [0.05, 0.1) is 6.21 Å². The number of benzene rings is 2. The predicted molar refractivity (Wildman–Crippen MR) is 86.5 cm³/mol. The monoisotopic (exact) mass is 361 g/mol. The van der Waals surface area contributed by atoms with Crippen LogP contribution in [0.2, 0.25) is 0 Å². The van der Waals surface area contributed by atoms with Crippen molar-refractivity contribution in [1.82, 2.24) is 5.43 Å². The fourth-order valence-corrected chi connectivity index (χ4v) is 2.30. The minimum absolute atomic E-state index is 0.208. The third kappa shape index (κ3) is 3.37. The summed E-state index contributed by atoms with van der Waals surface area (Å²) < 4.78 is 11.4. The molecule has 0 fully saturated rings. The molecule has 1 aliphatic heterocycles. The molecule has 0 radical (unpaired) electrons. The molecule has 3 rings (SSSR count). The highest BCUT2D eigenvalue weighted by Gasteiger charge is 2.15. The van der Waals surface area contributed by atoms with Crippen LogP contribution in [0.25, 0.3) is 0 Å². The number of carbonyl (C=O) groups is 1. The SMILES string of the molecule is O=C(N/N=C\c1cc2c(cc1Br)OCO2)Nc1ccccc1. The maximum atomic E-state index is 11.7. The highest BCUT2D eigenvalue weighted by atomic mass is 79.9. The van der Waals surface area contributed by atoms with E-state index in [9.17, 15) is 4.79 Å². The summed E-state index contributed by atoms with van der Waals surface area (Å²) in [6, 6.07) is 12.3. The standard InChI is InChI=1S/C15H12BrN3O3/c16-12-7-14-13(21-9-22-14)6-10(12)8-17-19-15(20)18-11-4-2-1-3-5-11/h1-8H,9H2,(H2,18,19,20)/b17-8-. The number of fused-ring (bicyclic) bond motifs is 1. The number of ether oxygens (including phenoxy) is 2. The molecular weight excluding hydrogens is 350 g/mol. The molecule has 7 heteroatoms. The lowest BCUT2D eigenvalue weighted by Crippen LogP contribution is -2.24. The van der Waals surface area contributed by atoms with Gasteiger partial charge in [0.1, 0.15) is 0 Å². The van der Waals surface area contributed by atoms with Gasteiger partial charge in [0.2, 0.25) is 6.79 Å². The fourth-order valence-electron chi connectivity index (χ4n) is 1.87. The summed E-state index contributed by atoms with van der Waals surface area (Å²) in [5.41, 5.74) is 3.86. The molecule has 2 aromatic rings. The van der Waals surface area contributed by atoms with Crippen LogP contribution in [0.4, 0.5) is 10.5 Å². The van der Waals surface area contributed by atoms with Gasteiger partial charge in [0.25, 0.3) is 0 Å². The maximum Gasteiger partial charge on any atom is 0.339 e. The van der Waals surface area contributed by atoms with Crippen LogP contribution in [0, 0.1) is 0 Å². The molecule has 0 saturated heterocycles. The zero-order valence-corrected chi connectivity index (χ0v) is 13.0. The molecule has 0 unspecified atom stereocenters. The average Bonchev–Trinajstić information content (AvgIpc) is 2.95. The minimum Gasteiger partial charge on any atom is -0.454 e. The van der Waals surface area contributed by atoms with Crippen LogP contribution in [0.5, 0.6) is 11.5 Å². The largest absolute Gasteiger partial charge is 0.454 e. The Hall–Kier alpha value is -2.54. The second-order valence-electron chi connectivity index (χ2n) is 4.42. The summed E-state index contributed by atoms with van der Waals surface area (Å²) in [4.78, 5) is 11.7. The minimum atomic E-state index is -0.417. The first-order valence-electron chi connectivity index (χ1n) is 6.46. The zero-order chi connectivity index (χ0) is 15.4. The number of halogens is 1. The summed E-state index contributed by atoms with van der Waals surface area (Å²) in [7, 11) is 0. The van der Waals surface area contributed by atoms with Crippen molar-refractivity contribution in [2.45, 2.75) is 0 Å². The van der Waals surface area contributed by atoms with Crippen molar-refractivity contribution in [2.75, 3.05) is 12.1 Å². The number of nitrogens with zero attached hydrogens (tertiary/aromatic N) is 1. The molecule has 6 nitrogen and oxygen atoms in total. The lowest BCUT2D eigenvalue weighted by molar-refractivity contribution is 0.174. The van der Waals surface area contributed by atoms with Gasteiger partial charge in [-0.25, -0.2) is 10.2 Å². The molecule has 1 aliphatic rings. The Bertz CT molecular complexity index is 719. The van der Waals surface area contributed by atoms with Gasteiger partial charge < -0.3 is 14.8 Å². The quantitative estimate of drug-likeness (QED) is 0.650. The van der Waals surface area contributed by atoms with Crippen molar-refractivity contribution >= 4 is 33.9 Å². The highest BCUT2D eigenvalue weighted by molar-refractivity contribution is 9.10. The third-order valence-electron chi connectivity index (χ3n) is 2.89. The van der Waals surface area contributed by atoms with Gasteiger partial charge in [-0.15, -0.1) is 0 Å². The van der Waals surface area contributed by atoms with Gasteiger partial charge in [-0.3, -0.25) is 0 Å². The second-order valence-corrected chi connectivity index (χ2v) is 5.27. The molecule has 2 N–H and O–H groups in total. The zero-order valence-electron chi connectivity index (χ0n) is 11.4. The lowest BCUT2D eigenvalue weighted by atomic mass is 10.2. The Morgan fingerprint density at radius 3 is 2.68 bits per heavy atom. The van der Waals surface area contributed by atoms with Crippen LogP contribution in [-0.2, 0) is 0 Å². The van der Waals surface area contributed by atoms with Crippen molar-refractivity contribution < 1.29 is 14.3 Å². The Morgan fingerprint density at radius 1 is 1.18 bits per heavy atom. The molecule has 0 aliphatic carbocycles. The van der Waals surface area contributed by atoms with Gasteiger partial charge in [-0.2, -0.15) is 5.10 Å². The van der Waals surface area contributed by atoms with Gasteiger partial charge >= 0.3 is 6.03 Å². The number of urea groups is 1. The van der Waals surface area contributed by atoms with Crippen molar-refractivity contribution in [3.05, 3.63) is 52.5 Å². The number of hydrogen-bond donors (Lipinski definition) is 2. The van der Waals surface area contributed by atoms with Gasteiger partial charge in [0, 0.05) is 15.7 Å². The number of para-hydroxylation sites is 1. The topological polar surface area (TPSA) is 72.0 Å². The van der Waals surface area contributed by atoms with E-state index < -0.39 is 6.03 Å². The van der Waals surface area contributed by atoms with E-state index in [0.717, 1.165) is 10.0 Å². The third-order valence-corrected chi connectivity index (χ3v) is 3.58. The fraction of sp³-hybridized carbons (Fsp3) is 0.0667. The molecular formula is C15H12BrN3O3. The summed E-state index contributed by atoms with van der Waals surface area (Å²) >= 11 is 3.42. The van der Waals surface area contributed by atoms with Crippen LogP contribution < -0.4 is 20.2 Å². The van der Waals surface area contributed by atoms with Crippen molar-refractivity contribution in [1.29, 1.82) is 0 Å². The smallest absolute Gasteiger partial charge is 0.339 e. The number of hydrogen-bond acceptors (Lipinski definition) is 4. The van der Waals surface area contributed by atoms with Crippen LogP contribution in [0.3, 0.4) is 0 Å². The predicted octanol–water partition coefficient (Wildman–Crippen LogP) is 3.33. The Labute approximate surface area is 135 Å². The first-order chi connectivity index (χ1) is 10.7. The van der Waals surface area contributed by atoms with E-state index in [1.54, 1.807) is 24.3 Å². The number of anilines is 1. The number of hydrazone groups is 1. The van der Waals surface area contributed by atoms with Crippen LogP contribution in [0.1, 0.15) is 5.56 Å². The first kappa shape index (κ1) is 14.4. The molecule has 2 aromatic carbocycles. The van der Waals surface area contributed by atoms with E-state index in [1.165, 1.54) is 6.21 Å². The Kier molecular flexibility index (Phi) is 4.24. The van der Waals surface area contributed by atoms with E-state index in [4.69, 9.17) is 9.47 Å². The Morgan fingerprint density at radius 2 is 1.91 bits per heavy atom. The number of nitrogens with one attached hydrogen (secondary N) is 2. The Balaban J connectivity index is 1.61. The van der Waals surface area contributed by atoms with Gasteiger partial charge in [-0.1, -0.05) is 18.2 Å². The summed E-state index contributed by atoms with van der Waals surface area (Å²) in [6.07, 6.45) is 1.52. The van der Waals surface area contributed by atoms with E-state index >= 15 is 0 Å². The average molecular weight is 362 g/mol. The molecule has 0 saturated carbocycles. The van der Waals surface area contributed by atoms with Crippen molar-refractivity contribution in [2.24, 2.45) is 5.10 Å². The molecule has 0 atom stereocenters. The molecule has 0 spiro atoms. The van der Waals surface area contributed by atoms with Crippen molar-refractivity contribution in [3.8, 4) is 11.5 Å². The van der Waals surface area contributed by atoms with E-state index in [2.05, 4.69) is 31.8 Å². The van der Waals surface area contributed by atoms with Crippen molar-refractivity contribution in [3.63, 3.8) is 0 Å². The molecule has 0 bridgehead atoms. The van der Waals surface area contributed by atoms with E-state index in [-0.39, 0.29) is 6.79 Å². The number of carbonyl (C=O) groups excluding carboxylic acids is 1. The number of rotatable bonds is 3. The van der Waals surface area contributed by atoms with Gasteiger partial charge in [-0.05, 0) is 40.2 Å². The lowest BCUT2D eigenvalue weighted by Gasteiger charge is -2.04. The van der Waals surface area contributed by atoms with Crippen LogP contribution >= 0.6 is 15.9 Å². The normalized spacial score (nSPS) is 12.4. The molecule has 2 amide bonds. The molecule has 0 aromatic heterocycles. The summed E-state index contributed by atoms with van der Waals surface area (Å²) in [5, 5.41) is 6.57. The van der Waals surface area contributed by atoms with Gasteiger partial charge in [0.15, 0.2) is 11.5 Å². The van der Waals surface area contributed by atoms with Crippen LogP contribution in [0.15, 0.2) is 52.0 Å². The maximum absolute atomic E-state index is 11.7. The molecule has 112 valence electrons. The van der Waals surface area contributed by atoms with E-state index in [1.807, 2.05) is 18.2 Å². The summed E-state index contributed by atoms with van der Waals surface area (Å²) in [5.74, 6) is 1.33. The summed E-state index contributed by atoms with van der Waals surface area (Å²) in [6.45, 7) is 0.208. The first-order valence-corrected chi connectivity index (χ1v) is 7.26. The van der Waals surface area contributed by atoms with Crippen LogP contribution in [-0.4, -0.2) is 19.0 Å².